The molecular formula is H3BN2P2. The van der Waals surface area contributed by atoms with Crippen molar-refractivity contribution in [3.8, 4) is 0 Å². The molecule has 0 saturated carbocycles. The third-order valence-corrected chi connectivity index (χ3v) is 0.654. The van der Waals surface area contributed by atoms with Crippen LogP contribution in [0.1, 0.15) is 0 Å². The molecule has 1 atom stereocenters. The average molecular weight is 104 g/mol. The van der Waals surface area contributed by atoms with Crippen LogP contribution in [0.2, 0.25) is 0 Å². The summed E-state index contributed by atoms with van der Waals surface area (Å²) in [6.07, 6.45) is 0. The van der Waals surface area contributed by atoms with Gasteiger partial charge in [-0.3, -0.25) is 0 Å². The maximum atomic E-state index is 3.42. The zero-order valence-corrected chi connectivity index (χ0v) is 4.68. The first kappa shape index (κ1) is 5.39. The molecule has 0 N–H and O–H groups in total. The summed E-state index contributed by atoms with van der Waals surface area (Å²) in [5, 5.41) is 3.20. The molecule has 0 bridgehead atoms. The predicted molar refractivity (Wildman–Crippen MR) is 28.6 cm³/mol. The van der Waals surface area contributed by atoms with Gasteiger partial charge in [-0.25, -0.2) is 0 Å². The Hall–Kier alpha value is 0.395. The molecule has 0 radical (unpaired) electrons. The van der Waals surface area contributed by atoms with Crippen LogP contribution in [0.5, 0.6) is 0 Å². The van der Waals surface area contributed by atoms with E-state index >= 15 is 0 Å². The van der Waals surface area contributed by atoms with Gasteiger partial charge in [0, 0.05) is 0 Å². The second-order valence-electron chi connectivity index (χ2n) is 0.346. The molecule has 5 heteroatoms. The third kappa shape index (κ3) is 4.39. The van der Waals surface area contributed by atoms with E-state index < -0.39 is 0 Å². The van der Waals surface area contributed by atoms with Crippen molar-refractivity contribution in [2.24, 2.45) is 9.86 Å². The number of rotatable bonds is 1. The molecule has 5 heavy (non-hydrogen) atoms. The van der Waals surface area contributed by atoms with Crippen LogP contribution in [0, 0.1) is 0 Å². The van der Waals surface area contributed by atoms with Gasteiger partial charge >= 0.3 is 34.5 Å². The fourth-order valence-electron chi connectivity index (χ4n) is 0.0365. The van der Waals surface area contributed by atoms with Crippen molar-refractivity contribution in [1.82, 2.24) is 0 Å². The van der Waals surface area contributed by atoms with Crippen LogP contribution in [0.3, 0.4) is 0 Å². The molecule has 0 saturated heterocycles. The molecule has 1 unspecified atom stereocenters. The van der Waals surface area contributed by atoms with Crippen molar-refractivity contribution in [3.05, 3.63) is 0 Å². The van der Waals surface area contributed by atoms with Crippen LogP contribution >= 0.6 is 17.0 Å². The molecule has 0 aliphatic rings. The molecule has 2 nitrogen and oxygen atoms in total. The van der Waals surface area contributed by atoms with Gasteiger partial charge in [-0.15, -0.1) is 0 Å². The molecule has 0 amide bonds. The average Bonchev–Trinajstić information content (AvgIpc) is 1.41. The Morgan fingerprint density at radius 2 is 2.40 bits per heavy atom. The van der Waals surface area contributed by atoms with Crippen LogP contribution in [-0.4, -0.2) is 7.64 Å². The fourth-order valence-corrected chi connectivity index (χ4v) is 0.329. The summed E-state index contributed by atoms with van der Waals surface area (Å²) < 4.78 is 0. The van der Waals surface area contributed by atoms with Crippen molar-refractivity contribution in [3.63, 3.8) is 0 Å². The van der Waals surface area contributed by atoms with Crippen LogP contribution in [0.25, 0.3) is 0 Å². The Balaban J connectivity index is 2.92. The fraction of sp³-hybridized carbons (Fsp3) is 0. The normalized spacial score (nSPS) is 8.80. The number of hydrogen-bond donors (Lipinski definition) is 0. The first-order valence-electron chi connectivity index (χ1n) is 0.974. The minimum absolute atomic E-state index is 0.842. The van der Waals surface area contributed by atoms with E-state index in [4.69, 9.17) is 0 Å². The summed E-state index contributed by atoms with van der Waals surface area (Å²) in [5.41, 5.74) is 0. The van der Waals surface area contributed by atoms with E-state index in [1.807, 2.05) is 0 Å². The summed E-state index contributed by atoms with van der Waals surface area (Å²) in [4.78, 5) is 3.42. The van der Waals surface area contributed by atoms with Crippen molar-refractivity contribution in [2.75, 3.05) is 0 Å². The predicted octanol–water partition coefficient (Wildman–Crippen LogP) is 0.906. The molecule has 26 valence electrons. The van der Waals surface area contributed by atoms with Crippen LogP contribution in [0.4, 0.5) is 0 Å². The zero-order valence-electron chi connectivity index (χ0n) is 2.63. The Kier molecular flexibility index (Phi) is 4.74. The van der Waals surface area contributed by atoms with Crippen LogP contribution < -0.4 is 0 Å². The Morgan fingerprint density at radius 3 is 2.40 bits per heavy atom. The van der Waals surface area contributed by atoms with E-state index in [1.54, 1.807) is 0 Å². The van der Waals surface area contributed by atoms with Crippen molar-refractivity contribution >= 4 is 24.6 Å². The molecule has 0 fully saturated rings. The van der Waals surface area contributed by atoms with E-state index in [2.05, 4.69) is 26.4 Å². The second kappa shape index (κ2) is 4.39. The summed E-state index contributed by atoms with van der Waals surface area (Å²) >= 11 is 0. The molecule has 0 aliphatic heterocycles. The van der Waals surface area contributed by atoms with Crippen molar-refractivity contribution in [1.29, 1.82) is 0 Å². The zero-order chi connectivity index (χ0) is 4.12. The standard InChI is InChI=1S/BH3N2P2/c1-2-3-5-4/h1H,4H2. The molecule has 0 aromatic carbocycles. The topological polar surface area (TPSA) is 24.7 Å². The van der Waals surface area contributed by atoms with Gasteiger partial charge in [0.25, 0.3) is 0 Å². The Labute approximate surface area is 35.4 Å². The first-order valence-corrected chi connectivity index (χ1v) is 3.44. The van der Waals surface area contributed by atoms with E-state index in [9.17, 15) is 0 Å². The monoisotopic (exact) mass is 104 g/mol. The summed E-state index contributed by atoms with van der Waals surface area (Å²) in [6, 6.07) is 0. The molecule has 0 heterocycles. The molecule has 0 aromatic heterocycles. The van der Waals surface area contributed by atoms with Crippen molar-refractivity contribution < 1.29 is 0 Å². The van der Waals surface area contributed by atoms with Gasteiger partial charge in [-0.1, -0.05) is 0 Å². The van der Waals surface area contributed by atoms with Gasteiger partial charge in [0.15, 0.2) is 0 Å². The van der Waals surface area contributed by atoms with Gasteiger partial charge in [-0.05, 0) is 0 Å². The van der Waals surface area contributed by atoms with Gasteiger partial charge in [-0.2, -0.15) is 0 Å². The molecule has 0 aliphatic carbocycles. The number of nitrogens with zero attached hydrogens (tertiary/aromatic N) is 2. The summed E-state index contributed by atoms with van der Waals surface area (Å²) in [6.45, 7) is 0. The van der Waals surface area contributed by atoms with E-state index in [-0.39, 0.29) is 0 Å². The molecule has 0 spiro atoms. The quantitative estimate of drug-likeness (QED) is 0.268. The van der Waals surface area contributed by atoms with E-state index in [0.717, 1.165) is 8.06 Å². The van der Waals surface area contributed by atoms with Gasteiger partial charge < -0.3 is 0 Å². The van der Waals surface area contributed by atoms with Crippen molar-refractivity contribution in [2.45, 2.75) is 0 Å². The Morgan fingerprint density at radius 1 is 1.80 bits per heavy atom. The van der Waals surface area contributed by atoms with E-state index in [1.165, 1.54) is 0 Å². The van der Waals surface area contributed by atoms with Gasteiger partial charge in [0.1, 0.15) is 0 Å². The first-order chi connectivity index (χ1) is 2.41. The van der Waals surface area contributed by atoms with E-state index in [0.29, 0.717) is 0 Å². The molecule has 0 rings (SSSR count). The van der Waals surface area contributed by atoms with Gasteiger partial charge in [0.05, 0.1) is 0 Å². The SMILES string of the molecule is B=N/N=P/P. The van der Waals surface area contributed by atoms with Crippen LogP contribution in [-0.2, 0) is 0 Å². The summed E-state index contributed by atoms with van der Waals surface area (Å²) in [7, 11) is 6.33. The second-order valence-corrected chi connectivity index (χ2v) is 1.45. The number of hydrogen-bond acceptors (Lipinski definition) is 1. The third-order valence-electron chi connectivity index (χ3n) is 0.115. The Bertz CT molecular complexity index is 49.6. The molecule has 0 aromatic rings. The van der Waals surface area contributed by atoms with Crippen LogP contribution in [0.15, 0.2) is 9.86 Å². The molecular weight excluding hydrogens is 101 g/mol. The summed E-state index contributed by atoms with van der Waals surface area (Å²) in [5.74, 6) is 0. The van der Waals surface area contributed by atoms with Gasteiger partial charge in [0.2, 0.25) is 0 Å². The minimum atomic E-state index is 0.842. The maximum absolute atomic E-state index is 3.42.